The SMILES string of the molecule is CC(C)n1c(SCc2nc(N)c3ccccc3n2)nc2ccccc2c1=O. The summed E-state index contributed by atoms with van der Waals surface area (Å²) in [5, 5.41) is 2.12. The Morgan fingerprint density at radius 2 is 1.59 bits per heavy atom. The summed E-state index contributed by atoms with van der Waals surface area (Å²) in [6.07, 6.45) is 0. The Bertz CT molecular complexity index is 1200. The van der Waals surface area contributed by atoms with Crippen LogP contribution >= 0.6 is 11.8 Å². The summed E-state index contributed by atoms with van der Waals surface area (Å²) in [4.78, 5) is 26.6. The van der Waals surface area contributed by atoms with Gasteiger partial charge in [-0.2, -0.15) is 0 Å². The minimum atomic E-state index is -0.0305. The molecule has 0 saturated heterocycles. The molecule has 0 amide bonds. The summed E-state index contributed by atoms with van der Waals surface area (Å²) in [5.74, 6) is 1.56. The smallest absolute Gasteiger partial charge is 0.262 e. The summed E-state index contributed by atoms with van der Waals surface area (Å²) in [6.45, 7) is 3.96. The summed E-state index contributed by atoms with van der Waals surface area (Å²) < 4.78 is 1.72. The van der Waals surface area contributed by atoms with Crippen LogP contribution in [0.1, 0.15) is 25.7 Å². The first-order chi connectivity index (χ1) is 13.0. The molecule has 2 aromatic heterocycles. The van der Waals surface area contributed by atoms with Crippen LogP contribution in [0.3, 0.4) is 0 Å². The second kappa shape index (κ2) is 7.00. The number of aromatic nitrogens is 4. The van der Waals surface area contributed by atoms with E-state index in [9.17, 15) is 4.79 Å². The van der Waals surface area contributed by atoms with Gasteiger partial charge in [0.25, 0.3) is 5.56 Å². The van der Waals surface area contributed by atoms with Crippen molar-refractivity contribution in [1.82, 2.24) is 19.5 Å². The molecule has 4 rings (SSSR count). The molecule has 4 aromatic rings. The highest BCUT2D eigenvalue weighted by Gasteiger charge is 2.15. The second-order valence-corrected chi connectivity index (χ2v) is 7.45. The molecule has 6 nitrogen and oxygen atoms in total. The van der Waals surface area contributed by atoms with Crippen molar-refractivity contribution < 1.29 is 0 Å². The van der Waals surface area contributed by atoms with Gasteiger partial charge in [-0.3, -0.25) is 9.36 Å². The molecule has 27 heavy (non-hydrogen) atoms. The lowest BCUT2D eigenvalue weighted by atomic mass is 10.2. The lowest BCUT2D eigenvalue weighted by Gasteiger charge is -2.16. The molecule has 2 N–H and O–H groups in total. The van der Waals surface area contributed by atoms with Crippen LogP contribution in [-0.4, -0.2) is 19.5 Å². The third-order valence-electron chi connectivity index (χ3n) is 4.30. The van der Waals surface area contributed by atoms with E-state index in [-0.39, 0.29) is 11.6 Å². The number of rotatable bonds is 4. The Kier molecular flexibility index (Phi) is 4.53. The standard InChI is InChI=1S/C20H19N5OS/c1-12(2)25-19(26)14-8-4-6-10-16(14)23-20(25)27-11-17-22-15-9-5-3-7-13(15)18(21)24-17/h3-10,12H,11H2,1-2H3,(H2,21,22,24). The van der Waals surface area contributed by atoms with Gasteiger partial charge in [0.15, 0.2) is 5.16 Å². The van der Waals surface area contributed by atoms with Gasteiger partial charge >= 0.3 is 0 Å². The molecule has 2 aromatic carbocycles. The van der Waals surface area contributed by atoms with E-state index in [1.54, 1.807) is 4.57 Å². The van der Waals surface area contributed by atoms with Gasteiger partial charge in [-0.25, -0.2) is 15.0 Å². The van der Waals surface area contributed by atoms with E-state index in [2.05, 4.69) is 9.97 Å². The van der Waals surface area contributed by atoms with Gasteiger partial charge in [0.05, 0.1) is 22.2 Å². The van der Waals surface area contributed by atoms with E-state index in [0.717, 1.165) is 10.9 Å². The van der Waals surface area contributed by atoms with Crippen LogP contribution in [0.5, 0.6) is 0 Å². The Labute approximate surface area is 160 Å². The van der Waals surface area contributed by atoms with Gasteiger partial charge in [-0.15, -0.1) is 0 Å². The molecule has 0 bridgehead atoms. The molecule has 2 heterocycles. The molecule has 0 unspecified atom stereocenters. The van der Waals surface area contributed by atoms with E-state index in [1.807, 2.05) is 62.4 Å². The molecule has 7 heteroatoms. The van der Waals surface area contributed by atoms with Crippen LogP contribution in [0.25, 0.3) is 21.8 Å². The Morgan fingerprint density at radius 3 is 2.30 bits per heavy atom. The highest BCUT2D eigenvalue weighted by molar-refractivity contribution is 7.98. The van der Waals surface area contributed by atoms with E-state index in [4.69, 9.17) is 10.7 Å². The normalized spacial score (nSPS) is 11.5. The predicted octanol–water partition coefficient (Wildman–Crippen LogP) is 3.80. The predicted molar refractivity (Wildman–Crippen MR) is 110 cm³/mol. The van der Waals surface area contributed by atoms with Gasteiger partial charge in [-0.1, -0.05) is 36.0 Å². The third-order valence-corrected chi connectivity index (χ3v) is 5.25. The summed E-state index contributed by atoms with van der Waals surface area (Å²) in [7, 11) is 0. The summed E-state index contributed by atoms with van der Waals surface area (Å²) >= 11 is 1.45. The first-order valence-corrected chi connectivity index (χ1v) is 9.68. The van der Waals surface area contributed by atoms with Crippen LogP contribution in [0, 0.1) is 0 Å². The van der Waals surface area contributed by atoms with Gasteiger partial charge in [0, 0.05) is 11.4 Å². The quantitative estimate of drug-likeness (QED) is 0.430. The molecular weight excluding hydrogens is 358 g/mol. The van der Waals surface area contributed by atoms with Crippen molar-refractivity contribution in [2.24, 2.45) is 0 Å². The molecule has 0 saturated carbocycles. The van der Waals surface area contributed by atoms with Gasteiger partial charge in [0.2, 0.25) is 0 Å². The van der Waals surface area contributed by atoms with Crippen LogP contribution in [0.15, 0.2) is 58.5 Å². The largest absolute Gasteiger partial charge is 0.383 e. The first-order valence-electron chi connectivity index (χ1n) is 8.70. The highest BCUT2D eigenvalue weighted by atomic mass is 32.2. The lowest BCUT2D eigenvalue weighted by Crippen LogP contribution is -2.25. The minimum absolute atomic E-state index is 0.000280. The zero-order valence-corrected chi connectivity index (χ0v) is 15.9. The van der Waals surface area contributed by atoms with Crippen molar-refractivity contribution in [3.05, 3.63) is 64.7 Å². The number of para-hydroxylation sites is 2. The monoisotopic (exact) mass is 377 g/mol. The molecule has 0 radical (unpaired) electrons. The van der Waals surface area contributed by atoms with E-state index >= 15 is 0 Å². The number of benzene rings is 2. The maximum atomic E-state index is 12.9. The third kappa shape index (κ3) is 3.26. The Hall–Kier alpha value is -2.93. The minimum Gasteiger partial charge on any atom is -0.383 e. The molecule has 0 aliphatic rings. The number of hydrogen-bond donors (Lipinski definition) is 1. The van der Waals surface area contributed by atoms with Crippen molar-refractivity contribution >= 4 is 39.4 Å². The molecular formula is C20H19N5OS. The molecule has 0 fully saturated rings. The molecule has 0 spiro atoms. The number of nitrogens with zero attached hydrogens (tertiary/aromatic N) is 4. The second-order valence-electron chi connectivity index (χ2n) is 6.51. The average molecular weight is 377 g/mol. The topological polar surface area (TPSA) is 86.7 Å². The first kappa shape index (κ1) is 17.5. The highest BCUT2D eigenvalue weighted by Crippen LogP contribution is 2.25. The van der Waals surface area contributed by atoms with Crippen molar-refractivity contribution in [2.45, 2.75) is 30.8 Å². The molecule has 0 atom stereocenters. The molecule has 136 valence electrons. The Balaban J connectivity index is 1.73. The summed E-state index contributed by atoms with van der Waals surface area (Å²) in [6, 6.07) is 15.1. The zero-order valence-electron chi connectivity index (χ0n) is 15.1. The van der Waals surface area contributed by atoms with E-state index in [0.29, 0.717) is 33.5 Å². The van der Waals surface area contributed by atoms with E-state index in [1.165, 1.54) is 11.8 Å². The van der Waals surface area contributed by atoms with Crippen LogP contribution < -0.4 is 11.3 Å². The number of nitrogens with two attached hydrogens (primary N) is 1. The fourth-order valence-electron chi connectivity index (χ4n) is 3.03. The van der Waals surface area contributed by atoms with Crippen LogP contribution in [0.4, 0.5) is 5.82 Å². The Morgan fingerprint density at radius 1 is 0.963 bits per heavy atom. The maximum absolute atomic E-state index is 12.9. The van der Waals surface area contributed by atoms with Crippen molar-refractivity contribution in [2.75, 3.05) is 5.73 Å². The number of hydrogen-bond acceptors (Lipinski definition) is 6. The van der Waals surface area contributed by atoms with Crippen LogP contribution in [0.2, 0.25) is 0 Å². The van der Waals surface area contributed by atoms with Gasteiger partial charge in [-0.05, 0) is 38.1 Å². The van der Waals surface area contributed by atoms with Gasteiger partial charge < -0.3 is 5.73 Å². The lowest BCUT2D eigenvalue weighted by molar-refractivity contribution is 0.519. The molecule has 0 aliphatic heterocycles. The number of thioether (sulfide) groups is 1. The maximum Gasteiger partial charge on any atom is 0.262 e. The molecule has 0 aliphatic carbocycles. The van der Waals surface area contributed by atoms with Crippen molar-refractivity contribution in [1.29, 1.82) is 0 Å². The number of nitrogen functional groups attached to an aromatic ring is 1. The zero-order chi connectivity index (χ0) is 19.0. The fraction of sp³-hybridized carbons (Fsp3) is 0.200. The van der Waals surface area contributed by atoms with Gasteiger partial charge in [0.1, 0.15) is 11.6 Å². The van der Waals surface area contributed by atoms with Crippen molar-refractivity contribution in [3.63, 3.8) is 0 Å². The van der Waals surface area contributed by atoms with Crippen molar-refractivity contribution in [3.8, 4) is 0 Å². The number of anilines is 1. The van der Waals surface area contributed by atoms with E-state index < -0.39 is 0 Å². The average Bonchev–Trinajstić information content (AvgIpc) is 2.66. The number of fused-ring (bicyclic) bond motifs is 2. The summed E-state index contributed by atoms with van der Waals surface area (Å²) in [5.41, 5.74) is 7.55. The fourth-order valence-corrected chi connectivity index (χ4v) is 4.01. The van der Waals surface area contributed by atoms with Crippen LogP contribution in [-0.2, 0) is 5.75 Å².